The number of aliphatic carboxylic acids is 1. The van der Waals surface area contributed by atoms with E-state index in [1.165, 1.54) is 18.9 Å². The van der Waals surface area contributed by atoms with E-state index in [0.29, 0.717) is 11.3 Å². The number of carboxylic acid groups (broad SMARTS) is 1. The maximum atomic E-state index is 12.2. The van der Waals surface area contributed by atoms with Crippen LogP contribution in [0.3, 0.4) is 0 Å². The maximum absolute atomic E-state index is 12.2. The van der Waals surface area contributed by atoms with Gasteiger partial charge in [0.2, 0.25) is 11.5 Å². The van der Waals surface area contributed by atoms with Crippen LogP contribution in [0.1, 0.15) is 6.92 Å². The summed E-state index contributed by atoms with van der Waals surface area (Å²) in [4.78, 5) is 53.0. The van der Waals surface area contributed by atoms with E-state index in [4.69, 9.17) is 0 Å². The summed E-state index contributed by atoms with van der Waals surface area (Å²) in [7, 11) is 1.19. The second-order valence-corrected chi connectivity index (χ2v) is 6.64. The number of hydrogen-bond donors (Lipinski definition) is 2. The van der Waals surface area contributed by atoms with Gasteiger partial charge < -0.3 is 15.3 Å². The number of thioether (sulfide) groups is 1. The number of rotatable bonds is 6. The molecule has 1 fully saturated rings. The van der Waals surface area contributed by atoms with Gasteiger partial charge in [-0.1, -0.05) is 21.1 Å². The molecule has 0 aromatic heterocycles. The number of nitrogens with one attached hydrogen (secondary N) is 1. The van der Waals surface area contributed by atoms with Gasteiger partial charge in [-0.3, -0.25) is 19.3 Å². The third kappa shape index (κ3) is 3.18. The second-order valence-electron chi connectivity index (χ2n) is 4.97. The van der Waals surface area contributed by atoms with Crippen molar-refractivity contribution in [1.29, 1.82) is 0 Å². The summed E-state index contributed by atoms with van der Waals surface area (Å²) in [5.74, 6) is -2.74. The Morgan fingerprint density at radius 3 is 2.71 bits per heavy atom. The number of Topliss-reactive ketones (excluding diaryl/α,β-unsaturated/α-hetero) is 1. The first-order valence-electron chi connectivity index (χ1n) is 6.72. The van der Waals surface area contributed by atoms with Crippen LogP contribution < -0.4 is 5.32 Å². The molecule has 0 aromatic carbocycles. The maximum Gasteiger partial charge on any atom is 0.352 e. The Morgan fingerprint density at radius 1 is 1.50 bits per heavy atom. The number of fused-ring (bicyclic) bond motifs is 1. The van der Waals surface area contributed by atoms with Gasteiger partial charge in [0.1, 0.15) is 24.2 Å². The Bertz CT molecular complexity index is 677. The van der Waals surface area contributed by atoms with Gasteiger partial charge in [0.05, 0.1) is 5.33 Å². The van der Waals surface area contributed by atoms with Crippen molar-refractivity contribution in [1.82, 2.24) is 10.2 Å². The lowest BCUT2D eigenvalue weighted by Crippen LogP contribution is -2.71. The Kier molecular flexibility index (Phi) is 5.65. The number of ketones is 1. The molecule has 2 heterocycles. The first kappa shape index (κ1) is 18.5. The highest BCUT2D eigenvalue weighted by molar-refractivity contribution is 9.09. The Morgan fingerprint density at radius 2 is 2.17 bits per heavy atom. The van der Waals surface area contributed by atoms with E-state index in [1.807, 2.05) is 0 Å². The van der Waals surface area contributed by atoms with Crippen LogP contribution in [0.4, 0.5) is 0 Å². The minimum Gasteiger partial charge on any atom is -0.477 e. The molecule has 2 rings (SSSR count). The highest BCUT2D eigenvalue weighted by Crippen LogP contribution is 2.40. The minimum atomic E-state index is -1.19. The first-order chi connectivity index (χ1) is 11.3. The van der Waals surface area contributed by atoms with E-state index < -0.39 is 40.7 Å². The van der Waals surface area contributed by atoms with Crippen molar-refractivity contribution in [2.24, 2.45) is 5.16 Å². The van der Waals surface area contributed by atoms with Gasteiger partial charge in [0, 0.05) is 5.75 Å². The normalized spacial score (nSPS) is 23.4. The van der Waals surface area contributed by atoms with Crippen LogP contribution in [0, 0.1) is 0 Å². The number of oxime groups is 1. The van der Waals surface area contributed by atoms with E-state index in [0.717, 1.165) is 4.90 Å². The Labute approximate surface area is 149 Å². The zero-order valence-electron chi connectivity index (χ0n) is 12.7. The molecule has 130 valence electrons. The summed E-state index contributed by atoms with van der Waals surface area (Å²) in [5.41, 5.74) is 0.0566. The van der Waals surface area contributed by atoms with E-state index in [1.54, 1.807) is 6.92 Å². The Balaban J connectivity index is 2.15. The van der Waals surface area contributed by atoms with E-state index in [9.17, 15) is 24.3 Å². The van der Waals surface area contributed by atoms with Crippen LogP contribution >= 0.6 is 27.7 Å². The van der Waals surface area contributed by atoms with Crippen molar-refractivity contribution in [3.63, 3.8) is 0 Å². The van der Waals surface area contributed by atoms with Gasteiger partial charge in [-0.2, -0.15) is 0 Å². The number of nitrogens with zero attached hydrogens (tertiary/aromatic N) is 2. The molecule has 0 aliphatic carbocycles. The van der Waals surface area contributed by atoms with Crippen molar-refractivity contribution < 1.29 is 29.1 Å². The van der Waals surface area contributed by atoms with Crippen molar-refractivity contribution >= 4 is 57.0 Å². The minimum absolute atomic E-state index is 0.0587. The molecule has 0 radical (unpaired) electrons. The fraction of sp³-hybridized carbons (Fsp3) is 0.462. The third-order valence-electron chi connectivity index (χ3n) is 3.43. The molecule has 2 atom stereocenters. The lowest BCUT2D eigenvalue weighted by Gasteiger charge is -2.49. The predicted molar refractivity (Wildman–Crippen MR) is 88.6 cm³/mol. The summed E-state index contributed by atoms with van der Waals surface area (Å²) >= 11 is 4.27. The van der Waals surface area contributed by atoms with Gasteiger partial charge in [-0.05, 0) is 12.5 Å². The van der Waals surface area contributed by atoms with Crippen molar-refractivity contribution in [3.05, 3.63) is 11.3 Å². The lowest BCUT2D eigenvalue weighted by atomic mass is 10.0. The fourth-order valence-corrected chi connectivity index (χ4v) is 3.92. The van der Waals surface area contributed by atoms with Crippen molar-refractivity contribution in [2.45, 2.75) is 18.3 Å². The highest BCUT2D eigenvalue weighted by Gasteiger charge is 2.54. The average molecular weight is 420 g/mol. The van der Waals surface area contributed by atoms with Crippen LogP contribution in [0.25, 0.3) is 0 Å². The molecular weight excluding hydrogens is 406 g/mol. The van der Waals surface area contributed by atoms with Gasteiger partial charge in [-0.25, -0.2) is 4.79 Å². The van der Waals surface area contributed by atoms with E-state index in [2.05, 4.69) is 31.2 Å². The van der Waals surface area contributed by atoms with Crippen LogP contribution in [0.15, 0.2) is 16.4 Å². The van der Waals surface area contributed by atoms with Crippen LogP contribution in [0.5, 0.6) is 0 Å². The summed E-state index contributed by atoms with van der Waals surface area (Å²) < 4.78 is 0. The summed E-state index contributed by atoms with van der Waals surface area (Å²) in [5, 5.41) is 14.4. The number of halogens is 1. The molecule has 0 saturated carbocycles. The molecule has 2 N–H and O–H groups in total. The zero-order valence-corrected chi connectivity index (χ0v) is 15.1. The topological polar surface area (TPSA) is 125 Å². The number of amides is 2. The molecule has 0 unspecified atom stereocenters. The van der Waals surface area contributed by atoms with Crippen molar-refractivity contribution in [3.8, 4) is 0 Å². The van der Waals surface area contributed by atoms with E-state index in [-0.39, 0.29) is 11.0 Å². The van der Waals surface area contributed by atoms with Gasteiger partial charge >= 0.3 is 5.97 Å². The molecule has 2 amide bonds. The molecular formula is C13H14BrN3O6S. The van der Waals surface area contributed by atoms with Gasteiger partial charge in [0.15, 0.2) is 0 Å². The van der Waals surface area contributed by atoms with Crippen LogP contribution in [-0.4, -0.2) is 68.9 Å². The quantitative estimate of drug-likeness (QED) is 0.199. The molecule has 2 aliphatic rings. The number of β-lactam (4-membered cyclic amide) rings is 1. The predicted octanol–water partition coefficient (Wildman–Crippen LogP) is -0.289. The average Bonchev–Trinajstić information content (AvgIpc) is 2.55. The smallest absolute Gasteiger partial charge is 0.352 e. The molecule has 0 bridgehead atoms. The third-order valence-corrected chi connectivity index (χ3v) is 5.36. The summed E-state index contributed by atoms with van der Waals surface area (Å²) in [6, 6.07) is -0.921. The Hall–Kier alpha value is -1.88. The van der Waals surface area contributed by atoms with Crippen LogP contribution in [0.2, 0.25) is 0 Å². The molecule has 0 spiro atoms. The first-order valence-corrected chi connectivity index (χ1v) is 8.89. The number of hydrogen-bond acceptors (Lipinski definition) is 7. The van der Waals surface area contributed by atoms with Gasteiger partial charge in [0.25, 0.3) is 11.8 Å². The molecule has 11 heteroatoms. The standard InChI is InChI=1S/C13H14BrN3O6S/c1-5-4-24-12-8(11(20)17(12)9(5)13(21)22)15-10(19)7(16-23-2)6(18)3-14/h8,12H,3-4H2,1-2H3,(H,15,19)(H,21,22)/b16-7-/t8-,12-/m1/s1. The number of alkyl halides is 1. The van der Waals surface area contributed by atoms with E-state index >= 15 is 0 Å². The fourth-order valence-electron chi connectivity index (χ4n) is 2.36. The summed E-state index contributed by atoms with van der Waals surface area (Å²) in [6.07, 6.45) is 0. The molecule has 2 aliphatic heterocycles. The SMILES string of the molecule is CO/N=C(/C(=O)CBr)C(=O)N[C@@H]1C(=O)N2C(C(=O)O)=C(C)CS[C@H]12. The van der Waals surface area contributed by atoms with Gasteiger partial charge in [-0.15, -0.1) is 11.8 Å². The molecule has 9 nitrogen and oxygen atoms in total. The molecule has 0 aromatic rings. The van der Waals surface area contributed by atoms with Crippen molar-refractivity contribution in [2.75, 3.05) is 18.2 Å². The molecule has 24 heavy (non-hydrogen) atoms. The largest absolute Gasteiger partial charge is 0.477 e. The molecule has 1 saturated heterocycles. The number of carboxylic acids is 1. The van der Waals surface area contributed by atoms with Crippen LogP contribution in [-0.2, 0) is 24.0 Å². The number of carbonyl (C=O) groups is 4. The monoisotopic (exact) mass is 419 g/mol. The second kappa shape index (κ2) is 7.34. The zero-order chi connectivity index (χ0) is 18.0. The lowest BCUT2D eigenvalue weighted by molar-refractivity contribution is -0.150. The number of carbonyl (C=O) groups excluding carboxylic acids is 3. The highest BCUT2D eigenvalue weighted by atomic mass is 79.9. The summed E-state index contributed by atoms with van der Waals surface area (Å²) in [6.45, 7) is 1.64.